The van der Waals surface area contributed by atoms with E-state index in [-0.39, 0.29) is 0 Å². The van der Waals surface area contributed by atoms with E-state index < -0.39 is 35.9 Å². The molecule has 30 heavy (non-hydrogen) atoms. The van der Waals surface area contributed by atoms with Gasteiger partial charge in [0.1, 0.15) is 29.6 Å². The van der Waals surface area contributed by atoms with Crippen LogP contribution < -0.4 is 10.1 Å². The highest BCUT2D eigenvalue weighted by Crippen LogP contribution is 2.17. The first-order chi connectivity index (χ1) is 14.1. The number of nitrogens with one attached hydrogen (secondary N) is 1. The van der Waals surface area contributed by atoms with Crippen molar-refractivity contribution in [3.05, 3.63) is 66.2 Å². The quantitative estimate of drug-likeness (QED) is 0.644. The second-order valence-electron chi connectivity index (χ2n) is 8.17. The molecule has 0 fully saturated rings. The van der Waals surface area contributed by atoms with Gasteiger partial charge in [-0.05, 0) is 52.3 Å². The lowest BCUT2D eigenvalue weighted by Crippen LogP contribution is -2.45. The number of ether oxygens (including phenoxy) is 3. The first-order valence-corrected chi connectivity index (χ1v) is 10.1. The van der Waals surface area contributed by atoms with Crippen LogP contribution in [0.3, 0.4) is 0 Å². The van der Waals surface area contributed by atoms with E-state index in [1.54, 1.807) is 27.7 Å². The summed E-state index contributed by atoms with van der Waals surface area (Å²) in [5.41, 5.74) is 0.369. The first kappa shape index (κ1) is 23.3. The minimum absolute atomic E-state index is 0.398. The Hall–Kier alpha value is -3.02. The Balaban J connectivity index is 2.05. The fraction of sp³-hybridized carbons (Fsp3) is 0.417. The Morgan fingerprint density at radius 3 is 2.07 bits per heavy atom. The number of amides is 1. The molecule has 1 unspecified atom stereocenters. The Morgan fingerprint density at radius 2 is 1.50 bits per heavy atom. The molecular weight excluding hydrogens is 382 g/mol. The number of para-hydroxylation sites is 1. The highest BCUT2D eigenvalue weighted by atomic mass is 16.6. The van der Waals surface area contributed by atoms with Crippen LogP contribution in [-0.4, -0.2) is 35.9 Å². The van der Waals surface area contributed by atoms with E-state index in [1.165, 1.54) is 0 Å². The summed E-state index contributed by atoms with van der Waals surface area (Å²) < 4.78 is 16.9. The van der Waals surface area contributed by atoms with E-state index >= 15 is 0 Å². The van der Waals surface area contributed by atoms with E-state index in [1.807, 2.05) is 67.6 Å². The average Bonchev–Trinajstić information content (AvgIpc) is 2.67. The van der Waals surface area contributed by atoms with Crippen molar-refractivity contribution >= 4 is 12.1 Å². The summed E-state index contributed by atoms with van der Waals surface area (Å²) in [7, 11) is 0. The molecule has 0 aromatic heterocycles. The van der Waals surface area contributed by atoms with Crippen molar-refractivity contribution in [2.75, 3.05) is 0 Å². The predicted molar refractivity (Wildman–Crippen MR) is 115 cm³/mol. The van der Waals surface area contributed by atoms with Gasteiger partial charge in [-0.15, -0.1) is 0 Å². The summed E-state index contributed by atoms with van der Waals surface area (Å²) in [4.78, 5) is 24.6. The summed E-state index contributed by atoms with van der Waals surface area (Å²) in [6.45, 7) is 8.70. The van der Waals surface area contributed by atoms with Gasteiger partial charge in [-0.1, -0.05) is 48.5 Å². The van der Waals surface area contributed by atoms with Gasteiger partial charge in [-0.25, -0.2) is 9.59 Å². The number of esters is 1. The van der Waals surface area contributed by atoms with Gasteiger partial charge in [0, 0.05) is 6.42 Å². The molecule has 0 saturated carbocycles. The number of carbonyl (C=O) groups is 2. The van der Waals surface area contributed by atoms with E-state index in [0.717, 1.165) is 5.56 Å². The number of carbonyl (C=O) groups excluding carboxylic acids is 2. The van der Waals surface area contributed by atoms with Gasteiger partial charge in [0.25, 0.3) is 0 Å². The summed E-state index contributed by atoms with van der Waals surface area (Å²) >= 11 is 0. The lowest BCUT2D eigenvalue weighted by atomic mass is 10.0. The van der Waals surface area contributed by atoms with Crippen LogP contribution in [0.1, 0.15) is 40.2 Å². The van der Waals surface area contributed by atoms with Crippen molar-refractivity contribution in [2.24, 2.45) is 0 Å². The average molecular weight is 414 g/mol. The SMILES string of the molecule is C[C@H](NC(=O)OC(C)(C)C)C(=O)OC(Cc1ccccc1)[C@H](C)Oc1ccccc1. The fourth-order valence-corrected chi connectivity index (χ4v) is 2.73. The summed E-state index contributed by atoms with van der Waals surface area (Å²) in [5.74, 6) is 0.143. The number of rotatable bonds is 8. The van der Waals surface area contributed by atoms with Crippen molar-refractivity contribution in [3.8, 4) is 5.75 Å². The molecule has 2 aromatic rings. The maximum Gasteiger partial charge on any atom is 0.408 e. The molecule has 2 aromatic carbocycles. The van der Waals surface area contributed by atoms with Crippen LogP contribution in [0.15, 0.2) is 60.7 Å². The molecular formula is C24H31NO5. The van der Waals surface area contributed by atoms with Crippen LogP contribution in [0.5, 0.6) is 5.75 Å². The molecule has 1 amide bonds. The van der Waals surface area contributed by atoms with Crippen molar-refractivity contribution in [3.63, 3.8) is 0 Å². The van der Waals surface area contributed by atoms with Crippen LogP contribution in [0.25, 0.3) is 0 Å². The molecule has 0 radical (unpaired) electrons. The van der Waals surface area contributed by atoms with Crippen LogP contribution >= 0.6 is 0 Å². The Bertz CT molecular complexity index is 801. The highest BCUT2D eigenvalue weighted by molar-refractivity contribution is 5.81. The molecule has 0 aliphatic rings. The first-order valence-electron chi connectivity index (χ1n) is 10.1. The molecule has 0 saturated heterocycles. The van der Waals surface area contributed by atoms with Gasteiger partial charge >= 0.3 is 12.1 Å². The Kier molecular flexibility index (Phi) is 8.27. The maximum absolute atomic E-state index is 12.7. The van der Waals surface area contributed by atoms with Gasteiger partial charge in [-0.3, -0.25) is 0 Å². The van der Waals surface area contributed by atoms with Crippen molar-refractivity contribution in [1.29, 1.82) is 0 Å². The highest BCUT2D eigenvalue weighted by Gasteiger charge is 2.28. The molecule has 0 aliphatic heterocycles. The van der Waals surface area contributed by atoms with Gasteiger partial charge in [0.15, 0.2) is 0 Å². The number of benzene rings is 2. The molecule has 0 bridgehead atoms. The molecule has 3 atom stereocenters. The molecule has 0 spiro atoms. The van der Waals surface area contributed by atoms with Gasteiger partial charge < -0.3 is 19.5 Å². The zero-order chi connectivity index (χ0) is 22.1. The second kappa shape index (κ2) is 10.7. The summed E-state index contributed by atoms with van der Waals surface area (Å²) in [6.07, 6.45) is -1.12. The van der Waals surface area contributed by atoms with Crippen LogP contribution in [-0.2, 0) is 20.7 Å². The molecule has 2 rings (SSSR count). The number of alkyl carbamates (subject to hydrolysis) is 1. The predicted octanol–water partition coefficient (Wildman–Crippen LogP) is 4.52. The largest absolute Gasteiger partial charge is 0.487 e. The molecule has 1 N–H and O–H groups in total. The minimum atomic E-state index is -0.859. The van der Waals surface area contributed by atoms with E-state index in [4.69, 9.17) is 14.2 Å². The second-order valence-corrected chi connectivity index (χ2v) is 8.17. The lowest BCUT2D eigenvalue weighted by Gasteiger charge is -2.27. The normalized spacial score (nSPS) is 14.2. The van der Waals surface area contributed by atoms with Crippen LogP contribution in [0.4, 0.5) is 4.79 Å². The summed E-state index contributed by atoms with van der Waals surface area (Å²) in [5, 5.41) is 2.52. The van der Waals surface area contributed by atoms with Crippen LogP contribution in [0, 0.1) is 0 Å². The Labute approximate surface area is 178 Å². The van der Waals surface area contributed by atoms with Crippen molar-refractivity contribution < 1.29 is 23.8 Å². The standard InChI is InChI=1S/C24H31NO5/c1-17(25-23(27)30-24(3,4)5)22(26)29-21(16-19-12-8-6-9-13-19)18(2)28-20-14-10-7-11-15-20/h6-15,17-18,21H,16H2,1-5H3,(H,25,27)/t17-,18-,21?/m0/s1. The van der Waals surface area contributed by atoms with Crippen molar-refractivity contribution in [2.45, 2.75) is 64.9 Å². The Morgan fingerprint density at radius 1 is 0.933 bits per heavy atom. The zero-order valence-electron chi connectivity index (χ0n) is 18.3. The fourth-order valence-electron chi connectivity index (χ4n) is 2.73. The third kappa shape index (κ3) is 8.15. The zero-order valence-corrected chi connectivity index (χ0v) is 18.3. The molecule has 6 heteroatoms. The van der Waals surface area contributed by atoms with Crippen LogP contribution in [0.2, 0.25) is 0 Å². The van der Waals surface area contributed by atoms with E-state index in [0.29, 0.717) is 12.2 Å². The lowest BCUT2D eigenvalue weighted by molar-refractivity contribution is -0.155. The molecule has 6 nitrogen and oxygen atoms in total. The third-order valence-corrected chi connectivity index (χ3v) is 4.22. The molecule has 162 valence electrons. The third-order valence-electron chi connectivity index (χ3n) is 4.22. The topological polar surface area (TPSA) is 73.9 Å². The van der Waals surface area contributed by atoms with Gasteiger partial charge in [-0.2, -0.15) is 0 Å². The molecule has 0 aliphatic carbocycles. The van der Waals surface area contributed by atoms with Gasteiger partial charge in [0.2, 0.25) is 0 Å². The maximum atomic E-state index is 12.7. The monoisotopic (exact) mass is 413 g/mol. The van der Waals surface area contributed by atoms with E-state index in [9.17, 15) is 9.59 Å². The summed E-state index contributed by atoms with van der Waals surface area (Å²) in [6, 6.07) is 18.3. The molecule has 0 heterocycles. The number of hydrogen-bond donors (Lipinski definition) is 1. The van der Waals surface area contributed by atoms with Crippen molar-refractivity contribution in [1.82, 2.24) is 5.32 Å². The smallest absolute Gasteiger partial charge is 0.408 e. The minimum Gasteiger partial charge on any atom is -0.487 e. The number of hydrogen-bond acceptors (Lipinski definition) is 5. The van der Waals surface area contributed by atoms with Gasteiger partial charge in [0.05, 0.1) is 0 Å². The van der Waals surface area contributed by atoms with E-state index in [2.05, 4.69) is 5.32 Å².